The maximum Gasteiger partial charge on any atom is 0.123 e. The standard InChI is InChI=1S/C16H23FN2/c17-15-5-3-13(4-6-15)16(19-11-1-2-12-19)14-7-9-18-10-8-14/h3-6,14,16,18H,1-2,7-12H2. The molecule has 1 unspecified atom stereocenters. The zero-order chi connectivity index (χ0) is 13.1. The predicted molar refractivity (Wildman–Crippen MR) is 75.5 cm³/mol. The summed E-state index contributed by atoms with van der Waals surface area (Å²) in [6.45, 7) is 4.64. The highest BCUT2D eigenvalue weighted by Crippen LogP contribution is 2.36. The average Bonchev–Trinajstić information content (AvgIpc) is 2.96. The third-order valence-corrected chi connectivity index (χ3v) is 4.58. The molecule has 2 aliphatic rings. The second-order valence-electron chi connectivity index (χ2n) is 5.83. The van der Waals surface area contributed by atoms with Crippen molar-refractivity contribution in [1.29, 1.82) is 0 Å². The van der Waals surface area contributed by atoms with Crippen molar-refractivity contribution in [3.63, 3.8) is 0 Å². The lowest BCUT2D eigenvalue weighted by Gasteiger charge is -2.37. The number of halogens is 1. The molecule has 19 heavy (non-hydrogen) atoms. The molecule has 2 aliphatic heterocycles. The molecule has 2 nitrogen and oxygen atoms in total. The molecule has 0 spiro atoms. The molecule has 0 saturated carbocycles. The van der Waals surface area contributed by atoms with E-state index in [9.17, 15) is 4.39 Å². The molecular formula is C16H23FN2. The number of nitrogens with zero attached hydrogens (tertiary/aromatic N) is 1. The molecule has 0 aliphatic carbocycles. The van der Waals surface area contributed by atoms with Crippen molar-refractivity contribution >= 4 is 0 Å². The van der Waals surface area contributed by atoms with Gasteiger partial charge < -0.3 is 5.32 Å². The highest BCUT2D eigenvalue weighted by atomic mass is 19.1. The summed E-state index contributed by atoms with van der Waals surface area (Å²) in [4.78, 5) is 2.61. The van der Waals surface area contributed by atoms with E-state index in [1.165, 1.54) is 44.3 Å². The number of nitrogens with one attached hydrogen (secondary N) is 1. The van der Waals surface area contributed by atoms with Gasteiger partial charge in [0.25, 0.3) is 0 Å². The summed E-state index contributed by atoms with van der Waals surface area (Å²) in [5.41, 5.74) is 1.30. The minimum Gasteiger partial charge on any atom is -0.317 e. The second kappa shape index (κ2) is 6.02. The topological polar surface area (TPSA) is 15.3 Å². The number of hydrogen-bond acceptors (Lipinski definition) is 2. The van der Waals surface area contributed by atoms with E-state index in [2.05, 4.69) is 10.2 Å². The van der Waals surface area contributed by atoms with Gasteiger partial charge in [-0.3, -0.25) is 4.90 Å². The Bertz CT molecular complexity index is 392. The Morgan fingerprint density at radius 3 is 2.32 bits per heavy atom. The number of likely N-dealkylation sites (tertiary alicyclic amines) is 1. The van der Waals surface area contributed by atoms with E-state index < -0.39 is 0 Å². The third-order valence-electron chi connectivity index (χ3n) is 4.58. The molecular weight excluding hydrogens is 239 g/mol. The fourth-order valence-electron chi connectivity index (χ4n) is 3.62. The first kappa shape index (κ1) is 13.1. The van der Waals surface area contributed by atoms with Gasteiger partial charge in [0.05, 0.1) is 0 Å². The van der Waals surface area contributed by atoms with Gasteiger partial charge in [-0.25, -0.2) is 4.39 Å². The first-order valence-electron chi connectivity index (χ1n) is 7.55. The maximum absolute atomic E-state index is 13.1. The van der Waals surface area contributed by atoms with Crippen molar-refractivity contribution < 1.29 is 4.39 Å². The molecule has 1 atom stereocenters. The van der Waals surface area contributed by atoms with Crippen LogP contribution in [0.5, 0.6) is 0 Å². The zero-order valence-corrected chi connectivity index (χ0v) is 11.4. The molecule has 0 amide bonds. The monoisotopic (exact) mass is 262 g/mol. The zero-order valence-electron chi connectivity index (χ0n) is 11.4. The van der Waals surface area contributed by atoms with Gasteiger partial charge in [0.1, 0.15) is 5.82 Å². The first-order chi connectivity index (χ1) is 9.34. The van der Waals surface area contributed by atoms with Gasteiger partial charge in [0.15, 0.2) is 0 Å². The summed E-state index contributed by atoms with van der Waals surface area (Å²) in [5, 5.41) is 3.44. The van der Waals surface area contributed by atoms with E-state index in [-0.39, 0.29) is 5.82 Å². The summed E-state index contributed by atoms with van der Waals surface area (Å²) in [5.74, 6) is 0.582. The number of benzene rings is 1. The average molecular weight is 262 g/mol. The van der Waals surface area contributed by atoms with Crippen molar-refractivity contribution in [1.82, 2.24) is 10.2 Å². The SMILES string of the molecule is Fc1ccc(C(C2CCNCC2)N2CCCC2)cc1. The lowest BCUT2D eigenvalue weighted by atomic mass is 9.85. The van der Waals surface area contributed by atoms with E-state index in [1.54, 1.807) is 12.1 Å². The van der Waals surface area contributed by atoms with Crippen LogP contribution in [0.15, 0.2) is 24.3 Å². The van der Waals surface area contributed by atoms with Crippen molar-refractivity contribution in [2.75, 3.05) is 26.2 Å². The van der Waals surface area contributed by atoms with Gasteiger partial charge in [-0.05, 0) is 75.5 Å². The Morgan fingerprint density at radius 1 is 1.05 bits per heavy atom. The van der Waals surface area contributed by atoms with Crippen LogP contribution in [-0.2, 0) is 0 Å². The molecule has 2 heterocycles. The van der Waals surface area contributed by atoms with E-state index in [1.807, 2.05) is 12.1 Å². The van der Waals surface area contributed by atoms with Gasteiger partial charge >= 0.3 is 0 Å². The molecule has 2 fully saturated rings. The number of rotatable bonds is 3. The van der Waals surface area contributed by atoms with E-state index in [4.69, 9.17) is 0 Å². The van der Waals surface area contributed by atoms with Crippen LogP contribution in [0, 0.1) is 11.7 Å². The summed E-state index contributed by atoms with van der Waals surface area (Å²) in [6, 6.07) is 7.69. The van der Waals surface area contributed by atoms with Crippen LogP contribution >= 0.6 is 0 Å². The number of hydrogen-bond donors (Lipinski definition) is 1. The molecule has 1 aromatic carbocycles. The highest BCUT2D eigenvalue weighted by molar-refractivity contribution is 5.21. The van der Waals surface area contributed by atoms with Crippen LogP contribution in [0.1, 0.15) is 37.3 Å². The summed E-state index contributed by atoms with van der Waals surface area (Å²) in [6.07, 6.45) is 5.09. The largest absolute Gasteiger partial charge is 0.317 e. The third kappa shape index (κ3) is 2.98. The van der Waals surface area contributed by atoms with Crippen molar-refractivity contribution in [3.05, 3.63) is 35.6 Å². The lowest BCUT2D eigenvalue weighted by molar-refractivity contribution is 0.148. The lowest BCUT2D eigenvalue weighted by Crippen LogP contribution is -2.37. The molecule has 3 heteroatoms. The van der Waals surface area contributed by atoms with E-state index >= 15 is 0 Å². The Kier molecular flexibility index (Phi) is 4.14. The van der Waals surface area contributed by atoms with Gasteiger partial charge in [-0.15, -0.1) is 0 Å². The normalized spacial score (nSPS) is 23.6. The highest BCUT2D eigenvalue weighted by Gasteiger charge is 2.31. The maximum atomic E-state index is 13.1. The Balaban J connectivity index is 1.83. The summed E-state index contributed by atoms with van der Waals surface area (Å²) in [7, 11) is 0. The first-order valence-corrected chi connectivity index (χ1v) is 7.55. The van der Waals surface area contributed by atoms with Crippen LogP contribution in [-0.4, -0.2) is 31.1 Å². The van der Waals surface area contributed by atoms with Gasteiger partial charge in [-0.2, -0.15) is 0 Å². The second-order valence-corrected chi connectivity index (χ2v) is 5.83. The van der Waals surface area contributed by atoms with Gasteiger partial charge in [0.2, 0.25) is 0 Å². The number of piperidine rings is 1. The molecule has 0 radical (unpaired) electrons. The smallest absolute Gasteiger partial charge is 0.123 e. The molecule has 3 rings (SSSR count). The van der Waals surface area contributed by atoms with Crippen LogP contribution in [0.4, 0.5) is 4.39 Å². The van der Waals surface area contributed by atoms with E-state index in [0.717, 1.165) is 13.1 Å². The Morgan fingerprint density at radius 2 is 1.68 bits per heavy atom. The van der Waals surface area contributed by atoms with Crippen LogP contribution in [0.3, 0.4) is 0 Å². The van der Waals surface area contributed by atoms with Crippen molar-refractivity contribution in [3.8, 4) is 0 Å². The van der Waals surface area contributed by atoms with Crippen LogP contribution in [0.25, 0.3) is 0 Å². The quantitative estimate of drug-likeness (QED) is 0.901. The summed E-state index contributed by atoms with van der Waals surface area (Å²) >= 11 is 0. The fraction of sp³-hybridized carbons (Fsp3) is 0.625. The van der Waals surface area contributed by atoms with Crippen molar-refractivity contribution in [2.45, 2.75) is 31.7 Å². The minimum atomic E-state index is -0.130. The van der Waals surface area contributed by atoms with Crippen LogP contribution in [0.2, 0.25) is 0 Å². The minimum absolute atomic E-state index is 0.130. The molecule has 1 N–H and O–H groups in total. The van der Waals surface area contributed by atoms with E-state index in [0.29, 0.717) is 12.0 Å². The summed E-state index contributed by atoms with van der Waals surface area (Å²) < 4.78 is 13.1. The van der Waals surface area contributed by atoms with Gasteiger partial charge in [-0.1, -0.05) is 12.1 Å². The molecule has 0 aromatic heterocycles. The Hall–Kier alpha value is -0.930. The van der Waals surface area contributed by atoms with Gasteiger partial charge in [0, 0.05) is 6.04 Å². The van der Waals surface area contributed by atoms with Crippen molar-refractivity contribution in [2.24, 2.45) is 5.92 Å². The predicted octanol–water partition coefficient (Wildman–Crippen LogP) is 2.96. The molecule has 2 saturated heterocycles. The van der Waals surface area contributed by atoms with Crippen LogP contribution < -0.4 is 5.32 Å². The molecule has 0 bridgehead atoms. The molecule has 104 valence electrons. The molecule has 1 aromatic rings. The Labute approximate surface area is 115 Å². The fourth-order valence-corrected chi connectivity index (χ4v) is 3.62.